The lowest BCUT2D eigenvalue weighted by Crippen LogP contribution is -2.31. The van der Waals surface area contributed by atoms with Gasteiger partial charge < -0.3 is 10.6 Å². The van der Waals surface area contributed by atoms with Gasteiger partial charge in [-0.15, -0.1) is 0 Å². The highest BCUT2D eigenvalue weighted by molar-refractivity contribution is 7.99. The largest absolute Gasteiger partial charge is 0.353 e. The van der Waals surface area contributed by atoms with Crippen LogP contribution in [0.4, 0.5) is 11.5 Å². The Hall–Kier alpha value is -1.79. The number of aromatic nitrogens is 2. The Morgan fingerprint density at radius 2 is 2.04 bits per heavy atom. The average molecular weight is 365 g/mol. The fourth-order valence-electron chi connectivity index (χ4n) is 2.04. The molecule has 0 fully saturated rings. The van der Waals surface area contributed by atoms with Crippen LogP contribution in [0.5, 0.6) is 0 Å². The molecule has 0 aliphatic carbocycles. The molecule has 0 aliphatic rings. The van der Waals surface area contributed by atoms with Crippen LogP contribution in [0.15, 0.2) is 29.4 Å². The number of benzene rings is 1. The molecule has 0 atom stereocenters. The molecule has 1 heterocycles. The maximum atomic E-state index is 11.7. The molecule has 0 saturated carbocycles. The lowest BCUT2D eigenvalue weighted by Gasteiger charge is -2.12. The minimum absolute atomic E-state index is 0.0531. The molecule has 0 bridgehead atoms. The molecule has 5 nitrogen and oxygen atoms in total. The lowest BCUT2D eigenvalue weighted by molar-refractivity contribution is -0.119. The van der Waals surface area contributed by atoms with Crippen LogP contribution in [0, 0.1) is 13.8 Å². The van der Waals surface area contributed by atoms with Crippen LogP contribution in [0.25, 0.3) is 0 Å². The van der Waals surface area contributed by atoms with Crippen LogP contribution in [-0.2, 0) is 4.79 Å². The molecule has 0 saturated heterocycles. The summed E-state index contributed by atoms with van der Waals surface area (Å²) in [4.78, 5) is 20.3. The van der Waals surface area contributed by atoms with Crippen LogP contribution < -0.4 is 10.6 Å². The first kappa shape index (κ1) is 18.5. The molecule has 0 radical (unpaired) electrons. The van der Waals surface area contributed by atoms with Gasteiger partial charge in [-0.3, -0.25) is 4.79 Å². The van der Waals surface area contributed by atoms with Crippen molar-refractivity contribution < 1.29 is 4.79 Å². The number of nitrogens with zero attached hydrogens (tertiary/aromatic N) is 2. The van der Waals surface area contributed by atoms with E-state index in [9.17, 15) is 4.79 Å². The zero-order chi connectivity index (χ0) is 17.7. The molecular formula is C17H21ClN4OS. The molecule has 24 heavy (non-hydrogen) atoms. The highest BCUT2D eigenvalue weighted by Gasteiger charge is 2.09. The summed E-state index contributed by atoms with van der Waals surface area (Å²) >= 11 is 7.34. The van der Waals surface area contributed by atoms with E-state index < -0.39 is 0 Å². The van der Waals surface area contributed by atoms with Gasteiger partial charge in [0.15, 0.2) is 5.16 Å². The Balaban J connectivity index is 2.11. The Kier molecular flexibility index (Phi) is 6.45. The summed E-state index contributed by atoms with van der Waals surface area (Å²) < 4.78 is 0. The second-order valence-corrected chi connectivity index (χ2v) is 7.07. The van der Waals surface area contributed by atoms with Crippen molar-refractivity contribution in [3.8, 4) is 0 Å². The molecule has 1 aromatic heterocycles. The number of anilines is 2. The van der Waals surface area contributed by atoms with E-state index in [0.29, 0.717) is 16.1 Å². The van der Waals surface area contributed by atoms with E-state index in [-0.39, 0.29) is 17.7 Å². The van der Waals surface area contributed by atoms with Crippen LogP contribution in [0.3, 0.4) is 0 Å². The molecule has 7 heteroatoms. The smallest absolute Gasteiger partial charge is 0.230 e. The van der Waals surface area contributed by atoms with Crippen molar-refractivity contribution in [2.45, 2.75) is 38.9 Å². The third-order valence-electron chi connectivity index (χ3n) is 3.32. The lowest BCUT2D eigenvalue weighted by atomic mass is 10.1. The number of hydrogen-bond donors (Lipinski definition) is 2. The summed E-state index contributed by atoms with van der Waals surface area (Å²) in [6, 6.07) is 7.81. The quantitative estimate of drug-likeness (QED) is 0.458. The first-order chi connectivity index (χ1) is 11.3. The predicted molar refractivity (Wildman–Crippen MR) is 100 cm³/mol. The van der Waals surface area contributed by atoms with Crippen LogP contribution >= 0.6 is 23.4 Å². The zero-order valence-corrected chi connectivity index (χ0v) is 15.8. The van der Waals surface area contributed by atoms with Crippen LogP contribution in [-0.4, -0.2) is 27.7 Å². The molecule has 2 aromatic rings. The molecular weight excluding hydrogens is 344 g/mol. The van der Waals surface area contributed by atoms with Crippen molar-refractivity contribution in [3.63, 3.8) is 0 Å². The summed E-state index contributed by atoms with van der Waals surface area (Å²) in [5, 5.41) is 6.90. The molecule has 2 N–H and O–H groups in total. The van der Waals surface area contributed by atoms with E-state index in [0.717, 1.165) is 11.3 Å². The zero-order valence-electron chi connectivity index (χ0n) is 14.2. The summed E-state index contributed by atoms with van der Waals surface area (Å²) in [6.07, 6.45) is 0. The number of thioether (sulfide) groups is 1. The van der Waals surface area contributed by atoms with Crippen molar-refractivity contribution in [2.75, 3.05) is 11.1 Å². The average Bonchev–Trinajstić information content (AvgIpc) is 2.49. The topological polar surface area (TPSA) is 66.9 Å². The molecule has 2 rings (SSSR count). The molecule has 0 spiro atoms. The molecule has 128 valence electrons. The SMILES string of the molecule is Cc1cccc(Nc2cc(Cl)nc(SCC(=O)NC(C)C)n2)c1C. The van der Waals surface area contributed by atoms with Crippen LogP contribution in [0.2, 0.25) is 5.15 Å². The standard InChI is InChI=1S/C17H21ClN4OS/c1-10(2)19-16(23)9-24-17-21-14(18)8-15(22-17)20-13-7-5-6-11(3)12(13)4/h5-8,10H,9H2,1-4H3,(H,19,23)(H,20,21,22). The van der Waals surface area contributed by atoms with Gasteiger partial charge in [-0.2, -0.15) is 0 Å². The van der Waals surface area contributed by atoms with Crippen molar-refractivity contribution in [2.24, 2.45) is 0 Å². The Morgan fingerprint density at radius 1 is 1.29 bits per heavy atom. The number of aryl methyl sites for hydroxylation is 1. The number of nitrogens with one attached hydrogen (secondary N) is 2. The first-order valence-corrected chi connectivity index (χ1v) is 9.01. The third kappa shape index (κ3) is 5.39. The van der Waals surface area contributed by atoms with Crippen LogP contribution in [0.1, 0.15) is 25.0 Å². The van der Waals surface area contributed by atoms with Gasteiger partial charge >= 0.3 is 0 Å². The van der Waals surface area contributed by atoms with Gasteiger partial charge in [0.05, 0.1) is 5.75 Å². The van der Waals surface area contributed by atoms with E-state index in [1.807, 2.05) is 32.9 Å². The Morgan fingerprint density at radius 3 is 2.75 bits per heavy atom. The molecule has 1 aromatic carbocycles. The van der Waals surface area contributed by atoms with Crippen molar-refractivity contribution >= 4 is 40.8 Å². The summed E-state index contributed by atoms with van der Waals surface area (Å²) in [6.45, 7) is 7.95. The third-order valence-corrected chi connectivity index (χ3v) is 4.36. The second kappa shape index (κ2) is 8.35. The van der Waals surface area contributed by atoms with Gasteiger partial charge in [-0.25, -0.2) is 9.97 Å². The number of carbonyl (C=O) groups is 1. The summed E-state index contributed by atoms with van der Waals surface area (Å²) in [5.41, 5.74) is 3.32. The second-order valence-electron chi connectivity index (χ2n) is 5.74. The minimum Gasteiger partial charge on any atom is -0.353 e. The van der Waals surface area contributed by atoms with Crippen molar-refractivity contribution in [3.05, 3.63) is 40.5 Å². The maximum absolute atomic E-state index is 11.7. The van der Waals surface area contributed by atoms with Crippen molar-refractivity contribution in [1.82, 2.24) is 15.3 Å². The highest BCUT2D eigenvalue weighted by Crippen LogP contribution is 2.25. The fourth-order valence-corrected chi connectivity index (χ4v) is 2.95. The summed E-state index contributed by atoms with van der Waals surface area (Å²) in [7, 11) is 0. The highest BCUT2D eigenvalue weighted by atomic mass is 35.5. The Labute approximate surface area is 151 Å². The summed E-state index contributed by atoms with van der Waals surface area (Å²) in [5.74, 6) is 0.805. The van der Waals surface area contributed by atoms with Gasteiger partial charge in [0.25, 0.3) is 0 Å². The molecule has 0 aliphatic heterocycles. The number of carbonyl (C=O) groups excluding carboxylic acids is 1. The normalized spacial score (nSPS) is 10.8. The fraction of sp³-hybridized carbons (Fsp3) is 0.353. The van der Waals surface area contributed by atoms with E-state index in [1.165, 1.54) is 17.3 Å². The van der Waals surface area contributed by atoms with Gasteiger partial charge in [0, 0.05) is 17.8 Å². The number of hydrogen-bond acceptors (Lipinski definition) is 5. The van der Waals surface area contributed by atoms with E-state index in [2.05, 4.69) is 33.6 Å². The van der Waals surface area contributed by atoms with E-state index >= 15 is 0 Å². The first-order valence-electron chi connectivity index (χ1n) is 7.65. The number of halogens is 1. The van der Waals surface area contributed by atoms with E-state index in [4.69, 9.17) is 11.6 Å². The molecule has 0 unspecified atom stereocenters. The number of amides is 1. The minimum atomic E-state index is -0.0531. The van der Waals surface area contributed by atoms with Gasteiger partial charge in [-0.05, 0) is 44.9 Å². The van der Waals surface area contributed by atoms with Crippen molar-refractivity contribution in [1.29, 1.82) is 0 Å². The number of rotatable bonds is 6. The monoisotopic (exact) mass is 364 g/mol. The van der Waals surface area contributed by atoms with Gasteiger partial charge in [-0.1, -0.05) is 35.5 Å². The maximum Gasteiger partial charge on any atom is 0.230 e. The molecule has 1 amide bonds. The van der Waals surface area contributed by atoms with Gasteiger partial charge in [0.2, 0.25) is 5.91 Å². The van der Waals surface area contributed by atoms with E-state index in [1.54, 1.807) is 6.07 Å². The Bertz CT molecular complexity index is 737. The van der Waals surface area contributed by atoms with Gasteiger partial charge in [0.1, 0.15) is 11.0 Å². The predicted octanol–water partition coefficient (Wildman–Crippen LogP) is 4.11.